The summed E-state index contributed by atoms with van der Waals surface area (Å²) in [6, 6.07) is 11.5. The molecule has 0 heterocycles. The van der Waals surface area contributed by atoms with Crippen molar-refractivity contribution in [3.05, 3.63) is 70.3 Å². The zero-order chi connectivity index (χ0) is 31.2. The zero-order valence-corrected chi connectivity index (χ0v) is 27.6. The molecule has 6 rings (SSSR count). The number of nitrogens with two attached hydrogens (primary N) is 1. The lowest BCUT2D eigenvalue weighted by molar-refractivity contribution is -0.166. The van der Waals surface area contributed by atoms with Crippen LogP contribution < -0.4 is 10.5 Å². The van der Waals surface area contributed by atoms with Crippen molar-refractivity contribution in [2.24, 2.45) is 33.3 Å². The third-order valence-corrected chi connectivity index (χ3v) is 14.2. The molecule has 3 saturated carbocycles. The third kappa shape index (κ3) is 4.18. The molecule has 2 aromatic carbocycles. The van der Waals surface area contributed by atoms with Gasteiger partial charge >= 0.3 is 0 Å². The van der Waals surface area contributed by atoms with E-state index < -0.39 is 5.41 Å². The predicted octanol–water partition coefficient (Wildman–Crippen LogP) is 8.42. The summed E-state index contributed by atoms with van der Waals surface area (Å²) in [6.07, 6.45) is 9.28. The maximum absolute atomic E-state index is 13.7. The summed E-state index contributed by atoms with van der Waals surface area (Å²) in [5, 5.41) is 10.9. The van der Waals surface area contributed by atoms with Crippen LogP contribution in [0.1, 0.15) is 112 Å². The normalized spacial score (nSPS) is 38.1. The van der Waals surface area contributed by atoms with Gasteiger partial charge in [0.15, 0.2) is 11.5 Å². The highest BCUT2D eigenvalue weighted by molar-refractivity contribution is 8.14. The van der Waals surface area contributed by atoms with Crippen LogP contribution in [0.2, 0.25) is 0 Å². The fourth-order valence-corrected chi connectivity index (χ4v) is 11.0. The third-order valence-electron chi connectivity index (χ3n) is 13.1. The topological polar surface area (TPSA) is 89.6 Å². The first-order chi connectivity index (χ1) is 20.1. The van der Waals surface area contributed by atoms with Crippen LogP contribution in [0.4, 0.5) is 0 Å². The number of hydrogen-bond acceptors (Lipinski definition) is 5. The SMILES string of the molecule is COc1cc2c(c(C)c1O)C(SC(=O)c1ccccc1)C=C1[C@@]2(C)CC[C@@]2(C)[C@@H]3C[C@](C)(C(N)=O)CC[C@]3(C)CC[C@]12C. The molecule has 0 saturated heterocycles. The monoisotopic (exact) mass is 601 g/mol. The van der Waals surface area contributed by atoms with E-state index in [4.69, 9.17) is 10.5 Å². The number of thioether (sulfide) groups is 1. The maximum atomic E-state index is 13.7. The molecular formula is C37H47NO4S. The molecule has 6 heteroatoms. The Hall–Kier alpha value is -2.73. The smallest absolute Gasteiger partial charge is 0.223 e. The minimum atomic E-state index is -0.484. The number of benzene rings is 2. The average Bonchev–Trinajstić information content (AvgIpc) is 2.98. The van der Waals surface area contributed by atoms with Gasteiger partial charge in [0.2, 0.25) is 11.0 Å². The largest absolute Gasteiger partial charge is 0.504 e. The molecule has 230 valence electrons. The number of carbonyl (C=O) groups excluding carboxylic acids is 2. The number of carbonyl (C=O) groups is 2. The zero-order valence-electron chi connectivity index (χ0n) is 26.8. The first kappa shape index (κ1) is 30.3. The van der Waals surface area contributed by atoms with E-state index in [1.807, 2.05) is 43.3 Å². The van der Waals surface area contributed by atoms with Gasteiger partial charge in [0.05, 0.1) is 12.4 Å². The average molecular weight is 602 g/mol. The van der Waals surface area contributed by atoms with E-state index in [2.05, 4.69) is 40.7 Å². The molecular weight excluding hydrogens is 554 g/mol. The number of hydrogen-bond donors (Lipinski definition) is 2. The summed E-state index contributed by atoms with van der Waals surface area (Å²) in [4.78, 5) is 26.4. The van der Waals surface area contributed by atoms with Crippen molar-refractivity contribution in [2.75, 3.05) is 7.11 Å². The van der Waals surface area contributed by atoms with E-state index in [-0.39, 0.29) is 43.7 Å². The maximum Gasteiger partial charge on any atom is 0.223 e. The second-order valence-electron chi connectivity index (χ2n) is 15.2. The lowest BCUT2D eigenvalue weighted by atomic mass is 9.34. The summed E-state index contributed by atoms with van der Waals surface area (Å²) >= 11 is 1.34. The number of allylic oxidation sites excluding steroid dienone is 1. The lowest BCUT2D eigenvalue weighted by Crippen LogP contribution is -2.63. The van der Waals surface area contributed by atoms with Gasteiger partial charge in [0.1, 0.15) is 0 Å². The van der Waals surface area contributed by atoms with Crippen molar-refractivity contribution in [3.63, 3.8) is 0 Å². The number of rotatable bonds is 4. The fourth-order valence-electron chi connectivity index (χ4n) is 9.91. The molecule has 7 atom stereocenters. The Bertz CT molecular complexity index is 1530. The van der Waals surface area contributed by atoms with Gasteiger partial charge in [-0.15, -0.1) is 0 Å². The highest BCUT2D eigenvalue weighted by atomic mass is 32.2. The molecule has 3 fully saturated rings. The van der Waals surface area contributed by atoms with E-state index in [0.717, 1.165) is 61.6 Å². The number of aromatic hydroxyl groups is 1. The number of phenols is 1. The van der Waals surface area contributed by atoms with Crippen molar-refractivity contribution >= 4 is 22.8 Å². The van der Waals surface area contributed by atoms with E-state index >= 15 is 0 Å². The molecule has 4 aliphatic carbocycles. The van der Waals surface area contributed by atoms with Gasteiger partial charge in [-0.25, -0.2) is 0 Å². The Kier molecular flexibility index (Phi) is 6.97. The van der Waals surface area contributed by atoms with Crippen LogP contribution >= 0.6 is 11.8 Å². The molecule has 0 spiro atoms. The minimum Gasteiger partial charge on any atom is -0.504 e. The lowest BCUT2D eigenvalue weighted by Gasteiger charge is -2.70. The number of phenolic OH excluding ortho intramolecular Hbond substituents is 1. The highest BCUT2D eigenvalue weighted by Crippen LogP contribution is 2.75. The Labute approximate surface area is 261 Å². The van der Waals surface area contributed by atoms with Gasteiger partial charge in [-0.2, -0.15) is 0 Å². The molecule has 0 aromatic heterocycles. The van der Waals surface area contributed by atoms with Crippen LogP contribution in [0.3, 0.4) is 0 Å². The van der Waals surface area contributed by atoms with Crippen LogP contribution in [0.15, 0.2) is 48.0 Å². The standard InChI is InChI=1S/C37H47NO4S/c1-22-29-24(19-25(42-7)30(22)39)35(4)16-18-37(6)28-21-34(3,32(38)41)14-13-33(28,2)15-17-36(37,5)27(35)20-26(29)43-31(40)23-11-9-8-10-12-23/h8-12,19-20,26,28,39H,13-18,21H2,1-7H3,(H2,38,41)/t26?,28-,33-,34-,35+,36-,37+/m1/s1. The van der Waals surface area contributed by atoms with Gasteiger partial charge < -0.3 is 15.6 Å². The molecule has 2 aromatic rings. The summed E-state index contributed by atoms with van der Waals surface area (Å²) in [6.45, 7) is 13.8. The van der Waals surface area contributed by atoms with Crippen molar-refractivity contribution in [2.45, 2.75) is 97.2 Å². The van der Waals surface area contributed by atoms with Gasteiger partial charge in [0.25, 0.3) is 0 Å². The van der Waals surface area contributed by atoms with E-state index in [9.17, 15) is 14.7 Å². The number of methoxy groups -OCH3 is 1. The van der Waals surface area contributed by atoms with E-state index in [1.165, 1.54) is 17.3 Å². The fraction of sp³-hybridized carbons (Fsp3) is 0.568. The first-order valence-electron chi connectivity index (χ1n) is 15.8. The quantitative estimate of drug-likeness (QED) is 0.343. The van der Waals surface area contributed by atoms with Crippen LogP contribution in [0.5, 0.6) is 11.5 Å². The van der Waals surface area contributed by atoms with E-state index in [1.54, 1.807) is 7.11 Å². The Balaban J connectivity index is 1.52. The molecule has 5 nitrogen and oxygen atoms in total. The predicted molar refractivity (Wildman–Crippen MR) is 173 cm³/mol. The second kappa shape index (κ2) is 9.89. The van der Waals surface area contributed by atoms with Gasteiger partial charge in [-0.1, -0.05) is 88.4 Å². The summed E-state index contributed by atoms with van der Waals surface area (Å²) < 4.78 is 5.70. The number of fused-ring (bicyclic) bond motifs is 7. The van der Waals surface area contributed by atoms with Crippen molar-refractivity contribution in [1.82, 2.24) is 0 Å². The molecule has 0 radical (unpaired) electrons. The molecule has 4 aliphatic rings. The Morgan fingerprint density at radius 3 is 2.30 bits per heavy atom. The van der Waals surface area contributed by atoms with Crippen LogP contribution in [-0.2, 0) is 10.2 Å². The van der Waals surface area contributed by atoms with Gasteiger partial charge in [0, 0.05) is 16.4 Å². The molecule has 0 aliphatic heterocycles. The molecule has 43 heavy (non-hydrogen) atoms. The van der Waals surface area contributed by atoms with E-state index in [0.29, 0.717) is 17.2 Å². The molecule has 3 N–H and O–H groups in total. The first-order valence-corrected chi connectivity index (χ1v) is 16.7. The van der Waals surface area contributed by atoms with Crippen molar-refractivity contribution in [3.8, 4) is 11.5 Å². The van der Waals surface area contributed by atoms with Gasteiger partial charge in [-0.3, -0.25) is 9.59 Å². The Morgan fingerprint density at radius 1 is 0.977 bits per heavy atom. The summed E-state index contributed by atoms with van der Waals surface area (Å²) in [5.41, 5.74) is 10.4. The number of amides is 1. The number of primary amides is 1. The van der Waals surface area contributed by atoms with Crippen molar-refractivity contribution < 1.29 is 19.4 Å². The number of ether oxygens (including phenoxy) is 1. The van der Waals surface area contributed by atoms with Gasteiger partial charge in [-0.05, 0) is 96.8 Å². The summed E-state index contributed by atoms with van der Waals surface area (Å²) in [5.74, 6) is 0.823. The minimum absolute atomic E-state index is 0.0242. The van der Waals surface area contributed by atoms with Crippen LogP contribution in [0.25, 0.3) is 0 Å². The highest BCUT2D eigenvalue weighted by Gasteiger charge is 2.67. The van der Waals surface area contributed by atoms with Crippen LogP contribution in [0, 0.1) is 34.5 Å². The van der Waals surface area contributed by atoms with Crippen LogP contribution in [-0.4, -0.2) is 23.2 Å². The Morgan fingerprint density at radius 2 is 1.65 bits per heavy atom. The van der Waals surface area contributed by atoms with Crippen molar-refractivity contribution in [1.29, 1.82) is 0 Å². The molecule has 1 unspecified atom stereocenters. The molecule has 1 amide bonds. The second-order valence-corrected chi connectivity index (χ2v) is 16.3. The molecule has 0 bridgehead atoms. The summed E-state index contributed by atoms with van der Waals surface area (Å²) in [7, 11) is 1.61.